The largest absolute Gasteiger partial charge is 0.495 e. The standard InChI is InChI=1S/C28H41N3O5S/c1-7-23(27(33)29-28(2,3)4)30(21-19-22-14-9-8-10-15-22)26(32)18-13-20-31(37(6,34)35)24-16-11-12-17-25(24)36-5/h8-12,14-17,23H,7,13,18-21H2,1-6H3,(H,29,33). The Bertz CT molecular complexity index is 1130. The number of anilines is 1. The van der Waals surface area contributed by atoms with Gasteiger partial charge in [-0.15, -0.1) is 0 Å². The Kier molecular flexibility index (Phi) is 11.0. The molecule has 1 atom stereocenters. The van der Waals surface area contributed by atoms with Gasteiger partial charge in [-0.1, -0.05) is 49.4 Å². The minimum absolute atomic E-state index is 0.106. The van der Waals surface area contributed by atoms with Crippen molar-refractivity contribution in [2.24, 2.45) is 0 Å². The molecule has 2 aromatic rings. The molecule has 0 fully saturated rings. The molecule has 0 aliphatic rings. The lowest BCUT2D eigenvalue weighted by Crippen LogP contribution is -2.54. The number of methoxy groups -OCH3 is 1. The second-order valence-corrected chi connectivity index (χ2v) is 12.0. The molecule has 9 heteroatoms. The molecule has 0 spiro atoms. The molecule has 0 radical (unpaired) electrons. The highest BCUT2D eigenvalue weighted by Gasteiger charge is 2.30. The Balaban J connectivity index is 2.21. The summed E-state index contributed by atoms with van der Waals surface area (Å²) in [5.74, 6) is 0.0668. The minimum atomic E-state index is -3.61. The first-order chi connectivity index (χ1) is 17.4. The number of hydrogen-bond donors (Lipinski definition) is 1. The molecule has 2 aromatic carbocycles. The SMILES string of the molecule is CCC(C(=O)NC(C)(C)C)N(CCc1ccccc1)C(=O)CCCN(c1ccccc1OC)S(C)(=O)=O. The molecule has 204 valence electrons. The maximum atomic E-state index is 13.5. The van der Waals surface area contributed by atoms with Crippen molar-refractivity contribution in [2.45, 2.75) is 65.0 Å². The van der Waals surface area contributed by atoms with Crippen molar-refractivity contribution in [3.8, 4) is 5.75 Å². The first-order valence-corrected chi connectivity index (χ1v) is 14.5. The van der Waals surface area contributed by atoms with Crippen LogP contribution in [0.2, 0.25) is 0 Å². The molecule has 1 N–H and O–H groups in total. The highest BCUT2D eigenvalue weighted by molar-refractivity contribution is 7.92. The van der Waals surface area contributed by atoms with Crippen LogP contribution >= 0.6 is 0 Å². The van der Waals surface area contributed by atoms with Crippen LogP contribution < -0.4 is 14.4 Å². The van der Waals surface area contributed by atoms with Gasteiger partial charge in [-0.2, -0.15) is 0 Å². The van der Waals surface area contributed by atoms with Gasteiger partial charge in [-0.25, -0.2) is 8.42 Å². The van der Waals surface area contributed by atoms with Gasteiger partial charge in [0, 0.05) is 25.0 Å². The molecule has 2 rings (SSSR count). The third kappa shape index (κ3) is 9.39. The van der Waals surface area contributed by atoms with E-state index in [-0.39, 0.29) is 24.8 Å². The maximum Gasteiger partial charge on any atom is 0.243 e. The molecule has 0 aliphatic heterocycles. The average Bonchev–Trinajstić information content (AvgIpc) is 2.83. The Morgan fingerprint density at radius 2 is 1.62 bits per heavy atom. The van der Waals surface area contributed by atoms with Gasteiger partial charge in [0.1, 0.15) is 11.8 Å². The van der Waals surface area contributed by atoms with E-state index in [1.165, 1.54) is 11.4 Å². The normalized spacial score (nSPS) is 12.5. The van der Waals surface area contributed by atoms with E-state index in [1.807, 2.05) is 58.0 Å². The number of hydrogen-bond acceptors (Lipinski definition) is 5. The molecule has 2 amide bonds. The minimum Gasteiger partial charge on any atom is -0.495 e. The highest BCUT2D eigenvalue weighted by Crippen LogP contribution is 2.29. The summed E-state index contributed by atoms with van der Waals surface area (Å²) in [7, 11) is -2.12. The maximum absolute atomic E-state index is 13.5. The number of amides is 2. The molecule has 0 bridgehead atoms. The lowest BCUT2D eigenvalue weighted by molar-refractivity contribution is -0.141. The zero-order chi connectivity index (χ0) is 27.6. The van der Waals surface area contributed by atoms with Crippen molar-refractivity contribution in [2.75, 3.05) is 30.8 Å². The third-order valence-electron chi connectivity index (χ3n) is 5.87. The fourth-order valence-electron chi connectivity index (χ4n) is 4.17. The lowest BCUT2D eigenvalue weighted by atomic mass is 10.0. The number of para-hydroxylation sites is 2. The van der Waals surface area contributed by atoms with Gasteiger partial charge in [-0.05, 0) is 57.7 Å². The van der Waals surface area contributed by atoms with Crippen LogP contribution in [-0.4, -0.2) is 63.2 Å². The summed E-state index contributed by atoms with van der Waals surface area (Å²) in [6.45, 7) is 8.12. The van der Waals surface area contributed by atoms with E-state index < -0.39 is 21.6 Å². The highest BCUT2D eigenvalue weighted by atomic mass is 32.2. The first kappa shape index (κ1) is 30.2. The summed E-state index contributed by atoms with van der Waals surface area (Å²) >= 11 is 0. The Hall–Kier alpha value is -3.07. The van der Waals surface area contributed by atoms with Gasteiger partial charge in [0.15, 0.2) is 0 Å². The van der Waals surface area contributed by atoms with Crippen LogP contribution in [0.3, 0.4) is 0 Å². The zero-order valence-electron chi connectivity index (χ0n) is 22.9. The number of nitrogens with zero attached hydrogens (tertiary/aromatic N) is 2. The smallest absolute Gasteiger partial charge is 0.243 e. The summed E-state index contributed by atoms with van der Waals surface area (Å²) in [4.78, 5) is 28.2. The monoisotopic (exact) mass is 531 g/mol. The van der Waals surface area contributed by atoms with Gasteiger partial charge in [-0.3, -0.25) is 13.9 Å². The zero-order valence-corrected chi connectivity index (χ0v) is 23.7. The molecule has 0 saturated heterocycles. The van der Waals surface area contributed by atoms with E-state index in [4.69, 9.17) is 4.74 Å². The summed E-state index contributed by atoms with van der Waals surface area (Å²) in [5, 5.41) is 3.00. The number of sulfonamides is 1. The second kappa shape index (κ2) is 13.5. The molecule has 0 heterocycles. The van der Waals surface area contributed by atoms with Crippen molar-refractivity contribution >= 4 is 27.5 Å². The second-order valence-electron chi connectivity index (χ2n) is 10.1. The fourth-order valence-corrected chi connectivity index (χ4v) is 5.14. The van der Waals surface area contributed by atoms with Gasteiger partial charge >= 0.3 is 0 Å². The van der Waals surface area contributed by atoms with Crippen LogP contribution in [0, 0.1) is 0 Å². The van der Waals surface area contributed by atoms with E-state index in [1.54, 1.807) is 29.2 Å². The van der Waals surface area contributed by atoms with Crippen LogP contribution in [0.25, 0.3) is 0 Å². The lowest BCUT2D eigenvalue weighted by Gasteiger charge is -2.33. The summed E-state index contributed by atoms with van der Waals surface area (Å²) in [5.41, 5.74) is 1.08. The van der Waals surface area contributed by atoms with E-state index in [0.29, 0.717) is 37.2 Å². The van der Waals surface area contributed by atoms with Crippen molar-refractivity contribution in [1.29, 1.82) is 0 Å². The van der Waals surface area contributed by atoms with Crippen LogP contribution in [0.1, 0.15) is 52.5 Å². The quantitative estimate of drug-likeness (QED) is 0.421. The number of carbonyl (C=O) groups is 2. The van der Waals surface area contributed by atoms with Gasteiger partial charge in [0.2, 0.25) is 21.8 Å². The predicted octanol–water partition coefficient (Wildman–Crippen LogP) is 4.01. The van der Waals surface area contributed by atoms with Crippen molar-refractivity contribution in [1.82, 2.24) is 10.2 Å². The van der Waals surface area contributed by atoms with E-state index in [0.717, 1.165) is 11.8 Å². The summed E-state index contributed by atoms with van der Waals surface area (Å²) in [6.07, 6.45) is 2.62. The first-order valence-electron chi connectivity index (χ1n) is 12.6. The van der Waals surface area contributed by atoms with Crippen molar-refractivity contribution in [3.05, 3.63) is 60.2 Å². The molecule has 1 unspecified atom stereocenters. The predicted molar refractivity (Wildman–Crippen MR) is 148 cm³/mol. The number of nitrogens with one attached hydrogen (secondary N) is 1. The number of benzene rings is 2. The number of ether oxygens (including phenoxy) is 1. The Morgan fingerprint density at radius 1 is 1.00 bits per heavy atom. The molecule has 0 aliphatic carbocycles. The van der Waals surface area contributed by atoms with Crippen LogP contribution in [0.15, 0.2) is 54.6 Å². The molecule has 8 nitrogen and oxygen atoms in total. The van der Waals surface area contributed by atoms with Crippen molar-refractivity contribution in [3.63, 3.8) is 0 Å². The van der Waals surface area contributed by atoms with Gasteiger partial charge in [0.25, 0.3) is 0 Å². The number of carbonyl (C=O) groups excluding carboxylic acids is 2. The molecule has 0 aromatic heterocycles. The molecular weight excluding hydrogens is 490 g/mol. The van der Waals surface area contributed by atoms with Crippen molar-refractivity contribution < 1.29 is 22.7 Å². The molecule has 37 heavy (non-hydrogen) atoms. The summed E-state index contributed by atoms with van der Waals surface area (Å²) in [6, 6.07) is 16.1. The topological polar surface area (TPSA) is 96.0 Å². The van der Waals surface area contributed by atoms with E-state index in [2.05, 4.69) is 5.32 Å². The molecule has 0 saturated carbocycles. The van der Waals surface area contributed by atoms with E-state index >= 15 is 0 Å². The van der Waals surface area contributed by atoms with Gasteiger partial charge in [0.05, 0.1) is 19.1 Å². The fraction of sp³-hybridized carbons (Fsp3) is 0.500. The van der Waals surface area contributed by atoms with E-state index in [9.17, 15) is 18.0 Å². The van der Waals surface area contributed by atoms with Crippen LogP contribution in [0.5, 0.6) is 5.75 Å². The van der Waals surface area contributed by atoms with Gasteiger partial charge < -0.3 is 15.0 Å². The summed E-state index contributed by atoms with van der Waals surface area (Å²) < 4.78 is 31.7. The number of rotatable bonds is 13. The Labute approximate surface area is 222 Å². The van der Waals surface area contributed by atoms with Crippen LogP contribution in [-0.2, 0) is 26.0 Å². The van der Waals surface area contributed by atoms with Crippen LogP contribution in [0.4, 0.5) is 5.69 Å². The third-order valence-corrected chi connectivity index (χ3v) is 7.05. The molecular formula is C28H41N3O5S. The Morgan fingerprint density at radius 3 is 2.19 bits per heavy atom. The average molecular weight is 532 g/mol.